The molecule has 0 aromatic heterocycles. The number of benzene rings is 2. The standard InChI is InChI=1S/C19H19ClN2O4S/c20-13-3-6-15(7-4-13)24-9-1-2-18(23)22-19(27)21-14-5-8-16-17(12-14)26-11-10-25-16/h3-8,12H,1-2,9-11H2,(H2,21,22,23,27). The van der Waals surface area contributed by atoms with Crippen LogP contribution in [0, 0.1) is 0 Å². The number of rotatable bonds is 6. The van der Waals surface area contributed by atoms with Gasteiger partial charge in [0.2, 0.25) is 5.91 Å². The minimum Gasteiger partial charge on any atom is -0.494 e. The third-order valence-electron chi connectivity index (χ3n) is 3.68. The van der Waals surface area contributed by atoms with E-state index in [4.69, 9.17) is 38.0 Å². The molecular formula is C19H19ClN2O4S. The molecule has 2 aromatic rings. The summed E-state index contributed by atoms with van der Waals surface area (Å²) >= 11 is 11.0. The number of halogens is 1. The van der Waals surface area contributed by atoms with Crippen molar-refractivity contribution < 1.29 is 19.0 Å². The van der Waals surface area contributed by atoms with Crippen LogP contribution in [0.15, 0.2) is 42.5 Å². The normalized spacial score (nSPS) is 12.2. The largest absolute Gasteiger partial charge is 0.494 e. The summed E-state index contributed by atoms with van der Waals surface area (Å²) in [5.41, 5.74) is 0.718. The van der Waals surface area contributed by atoms with Crippen molar-refractivity contribution in [2.45, 2.75) is 12.8 Å². The second-order valence-electron chi connectivity index (χ2n) is 5.77. The monoisotopic (exact) mass is 406 g/mol. The first-order chi connectivity index (χ1) is 13.1. The fraction of sp³-hybridized carbons (Fsp3) is 0.263. The Morgan fingerprint density at radius 1 is 1.11 bits per heavy atom. The van der Waals surface area contributed by atoms with Crippen LogP contribution in [0.3, 0.4) is 0 Å². The van der Waals surface area contributed by atoms with Crippen molar-refractivity contribution in [1.82, 2.24) is 5.32 Å². The number of fused-ring (bicyclic) bond motifs is 1. The maximum absolute atomic E-state index is 12.0. The van der Waals surface area contributed by atoms with Crippen LogP contribution in [0.2, 0.25) is 5.02 Å². The molecule has 0 saturated heterocycles. The van der Waals surface area contributed by atoms with Crippen LogP contribution in [0.25, 0.3) is 0 Å². The molecule has 2 aromatic carbocycles. The molecule has 0 spiro atoms. The van der Waals surface area contributed by atoms with Gasteiger partial charge >= 0.3 is 0 Å². The Hall–Kier alpha value is -2.51. The van der Waals surface area contributed by atoms with Crippen molar-refractivity contribution in [1.29, 1.82) is 0 Å². The third-order valence-corrected chi connectivity index (χ3v) is 4.14. The van der Waals surface area contributed by atoms with Gasteiger partial charge in [-0.2, -0.15) is 0 Å². The molecule has 3 rings (SSSR count). The molecule has 0 bridgehead atoms. The predicted molar refractivity (Wildman–Crippen MR) is 108 cm³/mol. The van der Waals surface area contributed by atoms with Crippen molar-refractivity contribution >= 4 is 40.5 Å². The number of anilines is 1. The molecule has 0 aliphatic carbocycles. The molecule has 142 valence electrons. The summed E-state index contributed by atoms with van der Waals surface area (Å²) in [6.45, 7) is 1.48. The Balaban J connectivity index is 1.37. The number of nitrogens with one attached hydrogen (secondary N) is 2. The Labute approximate surface area is 167 Å². The minimum absolute atomic E-state index is 0.176. The molecule has 0 atom stereocenters. The number of hydrogen-bond donors (Lipinski definition) is 2. The summed E-state index contributed by atoms with van der Waals surface area (Å²) < 4.78 is 16.5. The smallest absolute Gasteiger partial charge is 0.226 e. The van der Waals surface area contributed by atoms with Gasteiger partial charge < -0.3 is 24.8 Å². The molecule has 8 heteroatoms. The van der Waals surface area contributed by atoms with Gasteiger partial charge in [0.25, 0.3) is 0 Å². The quantitative estimate of drug-likeness (QED) is 0.562. The number of thiocarbonyl (C=S) groups is 1. The highest BCUT2D eigenvalue weighted by Crippen LogP contribution is 2.32. The number of ether oxygens (including phenoxy) is 3. The van der Waals surface area contributed by atoms with E-state index in [1.54, 1.807) is 36.4 Å². The fourth-order valence-corrected chi connectivity index (χ4v) is 2.78. The van der Waals surface area contributed by atoms with E-state index in [9.17, 15) is 4.79 Å². The highest BCUT2D eigenvalue weighted by Gasteiger charge is 2.12. The maximum Gasteiger partial charge on any atom is 0.226 e. The molecule has 0 saturated carbocycles. The fourth-order valence-electron chi connectivity index (χ4n) is 2.43. The van der Waals surface area contributed by atoms with E-state index < -0.39 is 0 Å². The predicted octanol–water partition coefficient (Wildman–Crippen LogP) is 3.78. The van der Waals surface area contributed by atoms with Crippen molar-refractivity contribution in [3.8, 4) is 17.2 Å². The van der Waals surface area contributed by atoms with E-state index in [1.807, 2.05) is 6.07 Å². The molecule has 1 aliphatic rings. The van der Waals surface area contributed by atoms with Gasteiger partial charge in [-0.3, -0.25) is 4.79 Å². The van der Waals surface area contributed by atoms with Gasteiger partial charge in [0.15, 0.2) is 16.6 Å². The van der Waals surface area contributed by atoms with Crippen molar-refractivity contribution in [2.75, 3.05) is 25.1 Å². The van der Waals surface area contributed by atoms with E-state index in [2.05, 4.69) is 10.6 Å². The summed E-state index contributed by atoms with van der Waals surface area (Å²) in [6, 6.07) is 12.5. The first kappa shape index (κ1) is 19.3. The molecule has 1 aliphatic heterocycles. The number of carbonyl (C=O) groups is 1. The summed E-state index contributed by atoms with van der Waals surface area (Å²) in [6.07, 6.45) is 0.873. The second-order valence-corrected chi connectivity index (χ2v) is 6.61. The topological polar surface area (TPSA) is 68.8 Å². The van der Waals surface area contributed by atoms with Gasteiger partial charge in [0.05, 0.1) is 6.61 Å². The minimum atomic E-state index is -0.176. The lowest BCUT2D eigenvalue weighted by Gasteiger charge is -2.19. The number of carbonyl (C=O) groups excluding carboxylic acids is 1. The molecular weight excluding hydrogens is 388 g/mol. The van der Waals surface area contributed by atoms with Crippen LogP contribution in [0.1, 0.15) is 12.8 Å². The van der Waals surface area contributed by atoms with Crippen molar-refractivity contribution in [2.24, 2.45) is 0 Å². The zero-order valence-corrected chi connectivity index (χ0v) is 16.1. The number of amides is 1. The number of hydrogen-bond acceptors (Lipinski definition) is 5. The Kier molecular flexibility index (Phi) is 6.73. The van der Waals surface area contributed by atoms with Gasteiger partial charge in [-0.25, -0.2) is 0 Å². The average Bonchev–Trinajstić information content (AvgIpc) is 2.66. The van der Waals surface area contributed by atoms with Crippen LogP contribution in [0.4, 0.5) is 5.69 Å². The summed E-state index contributed by atoms with van der Waals surface area (Å²) in [5.74, 6) is 1.89. The highest BCUT2D eigenvalue weighted by molar-refractivity contribution is 7.80. The van der Waals surface area contributed by atoms with Crippen LogP contribution in [0.5, 0.6) is 17.2 Å². The van der Waals surface area contributed by atoms with Crippen molar-refractivity contribution in [3.05, 3.63) is 47.5 Å². The van der Waals surface area contributed by atoms with E-state index in [-0.39, 0.29) is 11.0 Å². The summed E-state index contributed by atoms with van der Waals surface area (Å²) in [4.78, 5) is 12.0. The van der Waals surface area contributed by atoms with Crippen LogP contribution < -0.4 is 24.8 Å². The van der Waals surface area contributed by atoms with Crippen LogP contribution in [-0.2, 0) is 4.79 Å². The van der Waals surface area contributed by atoms with Crippen molar-refractivity contribution in [3.63, 3.8) is 0 Å². The molecule has 6 nitrogen and oxygen atoms in total. The zero-order chi connectivity index (χ0) is 19.1. The molecule has 0 unspecified atom stereocenters. The first-order valence-corrected chi connectivity index (χ1v) is 9.27. The lowest BCUT2D eigenvalue weighted by Crippen LogP contribution is -2.34. The lowest BCUT2D eigenvalue weighted by atomic mass is 10.2. The Morgan fingerprint density at radius 3 is 2.63 bits per heavy atom. The molecule has 1 heterocycles. The molecule has 1 amide bonds. The zero-order valence-electron chi connectivity index (χ0n) is 14.5. The van der Waals surface area contributed by atoms with Crippen LogP contribution >= 0.6 is 23.8 Å². The van der Waals surface area contributed by atoms with E-state index in [0.29, 0.717) is 49.2 Å². The Bertz CT molecular complexity index is 814. The molecule has 0 fully saturated rings. The SMILES string of the molecule is O=C(CCCOc1ccc(Cl)cc1)NC(=S)Nc1ccc2c(c1)OCCO2. The lowest BCUT2D eigenvalue weighted by molar-refractivity contribution is -0.119. The first-order valence-electron chi connectivity index (χ1n) is 8.49. The van der Waals surface area contributed by atoms with Gasteiger partial charge in [0.1, 0.15) is 19.0 Å². The van der Waals surface area contributed by atoms with Gasteiger partial charge in [0, 0.05) is 23.2 Å². The Morgan fingerprint density at radius 2 is 1.85 bits per heavy atom. The van der Waals surface area contributed by atoms with Gasteiger partial charge in [-0.05, 0) is 55.0 Å². The average molecular weight is 407 g/mol. The van der Waals surface area contributed by atoms with E-state index >= 15 is 0 Å². The van der Waals surface area contributed by atoms with E-state index in [1.165, 1.54) is 0 Å². The third kappa shape index (κ3) is 6.01. The maximum atomic E-state index is 12.0. The van der Waals surface area contributed by atoms with E-state index in [0.717, 1.165) is 11.4 Å². The molecule has 27 heavy (non-hydrogen) atoms. The molecule has 0 radical (unpaired) electrons. The van der Waals surface area contributed by atoms with Gasteiger partial charge in [-0.1, -0.05) is 11.6 Å². The highest BCUT2D eigenvalue weighted by atomic mass is 35.5. The second kappa shape index (κ2) is 9.43. The van der Waals surface area contributed by atoms with Gasteiger partial charge in [-0.15, -0.1) is 0 Å². The summed E-state index contributed by atoms with van der Waals surface area (Å²) in [5, 5.41) is 6.50. The molecule has 2 N–H and O–H groups in total. The van der Waals surface area contributed by atoms with Crippen LogP contribution in [-0.4, -0.2) is 30.8 Å². The summed E-state index contributed by atoms with van der Waals surface area (Å²) in [7, 11) is 0.